The lowest BCUT2D eigenvalue weighted by atomic mass is 9.97. The summed E-state index contributed by atoms with van der Waals surface area (Å²) >= 11 is 0. The highest BCUT2D eigenvalue weighted by Gasteiger charge is 2.28. The number of rotatable bonds is 4. The Morgan fingerprint density at radius 1 is 1.36 bits per heavy atom. The van der Waals surface area contributed by atoms with Crippen molar-refractivity contribution in [3.63, 3.8) is 0 Å². The van der Waals surface area contributed by atoms with Crippen LogP contribution in [0.2, 0.25) is 0 Å². The van der Waals surface area contributed by atoms with E-state index in [9.17, 15) is 9.18 Å². The first-order valence-corrected chi connectivity index (χ1v) is 8.56. The third-order valence-electron chi connectivity index (χ3n) is 4.43. The monoisotopic (exact) mass is 343 g/mol. The van der Waals surface area contributed by atoms with Gasteiger partial charge >= 0.3 is 0 Å². The van der Waals surface area contributed by atoms with Crippen LogP contribution in [0.25, 0.3) is 0 Å². The van der Waals surface area contributed by atoms with Crippen molar-refractivity contribution in [3.05, 3.63) is 41.7 Å². The minimum Gasteiger partial charge on any atom is -0.353 e. The molecule has 25 heavy (non-hydrogen) atoms. The number of piperidine rings is 1. The largest absolute Gasteiger partial charge is 0.353 e. The van der Waals surface area contributed by atoms with Crippen LogP contribution in [0, 0.1) is 18.7 Å². The molecule has 0 bridgehead atoms. The highest BCUT2D eigenvalue weighted by Crippen LogP contribution is 2.25. The Labute approximate surface area is 146 Å². The molecule has 1 aliphatic rings. The number of pyridine rings is 1. The molecule has 0 aromatic carbocycles. The Hall–Kier alpha value is -2.57. The second-order valence-electron chi connectivity index (χ2n) is 6.31. The van der Waals surface area contributed by atoms with Crippen LogP contribution in [0.4, 0.5) is 16.0 Å². The van der Waals surface area contributed by atoms with Gasteiger partial charge in [0.25, 0.3) is 0 Å². The van der Waals surface area contributed by atoms with Gasteiger partial charge in [0, 0.05) is 19.3 Å². The predicted molar refractivity (Wildman–Crippen MR) is 93.9 cm³/mol. The molecular formula is C18H22FN5O. The van der Waals surface area contributed by atoms with Gasteiger partial charge in [-0.3, -0.25) is 4.79 Å². The molecule has 1 N–H and O–H groups in total. The summed E-state index contributed by atoms with van der Waals surface area (Å²) in [4.78, 5) is 26.6. The average Bonchev–Trinajstić information content (AvgIpc) is 2.64. The molecule has 3 heterocycles. The summed E-state index contributed by atoms with van der Waals surface area (Å²) < 4.78 is 14.5. The van der Waals surface area contributed by atoms with Crippen LogP contribution in [-0.4, -0.2) is 33.9 Å². The van der Waals surface area contributed by atoms with Crippen molar-refractivity contribution in [2.75, 3.05) is 23.3 Å². The summed E-state index contributed by atoms with van der Waals surface area (Å²) in [6.45, 7) is 4.92. The van der Waals surface area contributed by atoms with Crippen molar-refractivity contribution < 1.29 is 9.18 Å². The lowest BCUT2D eigenvalue weighted by Gasteiger charge is -2.33. The van der Waals surface area contributed by atoms with Gasteiger partial charge in [-0.1, -0.05) is 13.0 Å². The second-order valence-corrected chi connectivity index (χ2v) is 6.31. The average molecular weight is 343 g/mol. The number of anilines is 2. The zero-order valence-corrected chi connectivity index (χ0v) is 14.5. The predicted octanol–water partition coefficient (Wildman–Crippen LogP) is 2.74. The molecule has 1 aliphatic heterocycles. The fourth-order valence-electron chi connectivity index (χ4n) is 3.02. The zero-order valence-electron chi connectivity index (χ0n) is 14.5. The fourth-order valence-corrected chi connectivity index (χ4v) is 3.02. The van der Waals surface area contributed by atoms with Crippen LogP contribution >= 0.6 is 0 Å². The molecule has 3 rings (SSSR count). The van der Waals surface area contributed by atoms with Gasteiger partial charge in [-0.25, -0.2) is 19.3 Å². The molecule has 0 spiro atoms. The second kappa shape index (κ2) is 7.55. The van der Waals surface area contributed by atoms with E-state index in [1.807, 2.05) is 24.8 Å². The molecule has 0 saturated carbocycles. The highest BCUT2D eigenvalue weighted by molar-refractivity contribution is 5.92. The highest BCUT2D eigenvalue weighted by atomic mass is 19.1. The normalized spacial score (nSPS) is 17.4. The van der Waals surface area contributed by atoms with Crippen molar-refractivity contribution in [1.82, 2.24) is 15.0 Å². The number of halogens is 1. The molecule has 1 saturated heterocycles. The number of aromatic nitrogens is 3. The SMILES string of the molecule is CCc1ncnc(N2CCC[C@H](C(=O)Nc3ccc(C)cn3)C2)c1F. The van der Waals surface area contributed by atoms with Gasteiger partial charge in [-0.2, -0.15) is 0 Å². The lowest BCUT2D eigenvalue weighted by Crippen LogP contribution is -2.41. The molecule has 2 aromatic rings. The maximum atomic E-state index is 14.5. The van der Waals surface area contributed by atoms with Gasteiger partial charge in [0.2, 0.25) is 5.91 Å². The Morgan fingerprint density at radius 2 is 2.20 bits per heavy atom. The maximum absolute atomic E-state index is 14.5. The number of nitrogens with one attached hydrogen (secondary N) is 1. The number of hydrogen-bond acceptors (Lipinski definition) is 5. The van der Waals surface area contributed by atoms with Crippen molar-refractivity contribution in [2.45, 2.75) is 33.1 Å². The number of carbonyl (C=O) groups excluding carboxylic acids is 1. The number of aryl methyl sites for hydroxylation is 2. The number of hydrogen-bond donors (Lipinski definition) is 1. The van der Waals surface area contributed by atoms with Gasteiger partial charge < -0.3 is 10.2 Å². The minimum absolute atomic E-state index is 0.0915. The summed E-state index contributed by atoms with van der Waals surface area (Å²) in [7, 11) is 0. The smallest absolute Gasteiger partial charge is 0.230 e. The van der Waals surface area contributed by atoms with Crippen molar-refractivity contribution in [1.29, 1.82) is 0 Å². The van der Waals surface area contributed by atoms with Crippen LogP contribution in [0.5, 0.6) is 0 Å². The molecule has 2 aromatic heterocycles. The van der Waals surface area contributed by atoms with E-state index in [-0.39, 0.29) is 23.5 Å². The Bertz CT molecular complexity index is 750. The van der Waals surface area contributed by atoms with Gasteiger partial charge in [0.15, 0.2) is 11.6 Å². The maximum Gasteiger partial charge on any atom is 0.230 e. The van der Waals surface area contributed by atoms with Crippen LogP contribution in [0.15, 0.2) is 24.7 Å². The van der Waals surface area contributed by atoms with E-state index in [1.165, 1.54) is 6.33 Å². The van der Waals surface area contributed by atoms with E-state index in [2.05, 4.69) is 20.3 Å². The first-order valence-electron chi connectivity index (χ1n) is 8.56. The molecule has 0 unspecified atom stereocenters. The first-order chi connectivity index (χ1) is 12.1. The summed E-state index contributed by atoms with van der Waals surface area (Å²) in [6, 6.07) is 3.68. The lowest BCUT2D eigenvalue weighted by molar-refractivity contribution is -0.120. The van der Waals surface area contributed by atoms with E-state index in [1.54, 1.807) is 12.3 Å². The first kappa shape index (κ1) is 17.3. The number of carbonyl (C=O) groups is 1. The van der Waals surface area contributed by atoms with Crippen LogP contribution in [0.3, 0.4) is 0 Å². The Morgan fingerprint density at radius 3 is 2.92 bits per heavy atom. The zero-order chi connectivity index (χ0) is 17.8. The van der Waals surface area contributed by atoms with E-state index >= 15 is 0 Å². The van der Waals surface area contributed by atoms with E-state index < -0.39 is 0 Å². The molecule has 1 atom stereocenters. The topological polar surface area (TPSA) is 71.0 Å². The molecule has 7 heteroatoms. The third-order valence-corrected chi connectivity index (χ3v) is 4.43. The molecule has 0 radical (unpaired) electrons. The molecule has 6 nitrogen and oxygen atoms in total. The number of nitrogens with zero attached hydrogens (tertiary/aromatic N) is 4. The summed E-state index contributed by atoms with van der Waals surface area (Å²) in [6.07, 6.45) is 5.19. The van der Waals surface area contributed by atoms with Crippen molar-refractivity contribution >= 4 is 17.5 Å². The Kier molecular flexibility index (Phi) is 5.21. The van der Waals surface area contributed by atoms with Crippen LogP contribution in [-0.2, 0) is 11.2 Å². The van der Waals surface area contributed by atoms with Gasteiger partial charge in [0.05, 0.1) is 11.6 Å². The van der Waals surface area contributed by atoms with Gasteiger partial charge in [0.1, 0.15) is 12.1 Å². The quantitative estimate of drug-likeness (QED) is 0.924. The van der Waals surface area contributed by atoms with Gasteiger partial charge in [-0.15, -0.1) is 0 Å². The van der Waals surface area contributed by atoms with Crippen molar-refractivity contribution in [2.24, 2.45) is 5.92 Å². The van der Waals surface area contributed by atoms with E-state index in [0.29, 0.717) is 31.0 Å². The molecular weight excluding hydrogens is 321 g/mol. The minimum atomic E-state index is -0.383. The Balaban J connectivity index is 1.70. The van der Waals surface area contributed by atoms with Crippen molar-refractivity contribution in [3.8, 4) is 0 Å². The van der Waals surface area contributed by atoms with E-state index in [4.69, 9.17) is 0 Å². The van der Waals surface area contributed by atoms with Crippen LogP contribution in [0.1, 0.15) is 31.0 Å². The molecule has 0 aliphatic carbocycles. The molecule has 1 amide bonds. The van der Waals surface area contributed by atoms with Gasteiger partial charge in [-0.05, 0) is 37.8 Å². The summed E-state index contributed by atoms with van der Waals surface area (Å²) in [5.41, 5.74) is 1.44. The standard InChI is InChI=1S/C18H22FN5O/c1-3-14-16(19)17(22-11-21-14)24-8-4-5-13(10-24)18(25)23-15-7-6-12(2)9-20-15/h6-7,9,11,13H,3-5,8,10H2,1-2H3,(H,20,23,25)/t13-/m0/s1. The third kappa shape index (κ3) is 3.92. The number of amides is 1. The summed E-state index contributed by atoms with van der Waals surface area (Å²) in [5, 5.41) is 2.84. The van der Waals surface area contributed by atoms with E-state index in [0.717, 1.165) is 18.4 Å². The summed E-state index contributed by atoms with van der Waals surface area (Å²) in [5.74, 6) is 0.126. The van der Waals surface area contributed by atoms with Crippen LogP contribution < -0.4 is 10.2 Å². The molecule has 1 fully saturated rings. The molecule has 132 valence electrons. The fraction of sp³-hybridized carbons (Fsp3) is 0.444.